The van der Waals surface area contributed by atoms with Crippen molar-refractivity contribution in [2.24, 2.45) is 17.8 Å². The van der Waals surface area contributed by atoms with Gasteiger partial charge in [0, 0.05) is 12.3 Å². The van der Waals surface area contributed by atoms with Gasteiger partial charge < -0.3 is 9.84 Å². The highest BCUT2D eigenvalue weighted by molar-refractivity contribution is 5.97. The summed E-state index contributed by atoms with van der Waals surface area (Å²) in [5.74, 6) is -3.75. The smallest absolute Gasteiger partial charge is 0.310 e. The summed E-state index contributed by atoms with van der Waals surface area (Å²) in [5, 5.41) is 8.83. The van der Waals surface area contributed by atoms with Gasteiger partial charge in [-0.3, -0.25) is 14.4 Å². The van der Waals surface area contributed by atoms with Gasteiger partial charge in [0.25, 0.3) is 0 Å². The minimum atomic E-state index is -1.08. The van der Waals surface area contributed by atoms with E-state index in [1.165, 1.54) is 0 Å². The first kappa shape index (κ1) is 9.18. The Morgan fingerprint density at radius 2 is 2.14 bits per heavy atom. The number of cyclic esters (lactones) is 1. The summed E-state index contributed by atoms with van der Waals surface area (Å²) < 4.78 is 4.77. The average Bonchev–Trinajstić information content (AvgIpc) is 2.46. The van der Waals surface area contributed by atoms with E-state index in [0.717, 1.165) is 0 Å². The Hall–Kier alpha value is -1.39. The van der Waals surface area contributed by atoms with Gasteiger partial charge >= 0.3 is 11.9 Å². The molecule has 1 aliphatic carbocycles. The van der Waals surface area contributed by atoms with Crippen LogP contribution in [0.2, 0.25) is 0 Å². The first-order chi connectivity index (χ1) is 6.61. The molecule has 0 aromatic rings. The third-order valence-electron chi connectivity index (χ3n) is 2.96. The van der Waals surface area contributed by atoms with Gasteiger partial charge in [0.15, 0.2) is 0 Å². The van der Waals surface area contributed by atoms with Crippen molar-refractivity contribution in [2.45, 2.75) is 12.8 Å². The van der Waals surface area contributed by atoms with Crippen LogP contribution in [0.5, 0.6) is 0 Å². The van der Waals surface area contributed by atoms with Crippen LogP contribution >= 0.6 is 0 Å². The summed E-state index contributed by atoms with van der Waals surface area (Å²) in [6.45, 7) is 0.234. The van der Waals surface area contributed by atoms with Crippen molar-refractivity contribution in [1.82, 2.24) is 0 Å². The molecule has 0 aromatic carbocycles. The molecule has 2 aliphatic rings. The number of hydrogen-bond acceptors (Lipinski definition) is 4. The number of ether oxygens (including phenoxy) is 1. The van der Waals surface area contributed by atoms with Gasteiger partial charge in [-0.1, -0.05) is 0 Å². The van der Waals surface area contributed by atoms with Crippen molar-refractivity contribution in [3.8, 4) is 0 Å². The number of hydrogen-bond donors (Lipinski definition) is 1. The van der Waals surface area contributed by atoms with Crippen molar-refractivity contribution in [1.29, 1.82) is 0 Å². The second kappa shape index (κ2) is 3.08. The fourth-order valence-corrected chi connectivity index (χ4v) is 2.27. The predicted molar refractivity (Wildman–Crippen MR) is 43.3 cm³/mol. The number of carboxylic acid groups (broad SMARTS) is 1. The third kappa shape index (κ3) is 1.20. The summed E-state index contributed by atoms with van der Waals surface area (Å²) in [6.07, 6.45) is 0.443. The molecule has 3 atom stereocenters. The van der Waals surface area contributed by atoms with Gasteiger partial charge in [0.05, 0.1) is 18.4 Å². The topological polar surface area (TPSA) is 80.7 Å². The van der Waals surface area contributed by atoms with Crippen LogP contribution in [-0.4, -0.2) is 29.4 Å². The lowest BCUT2D eigenvalue weighted by Crippen LogP contribution is -2.36. The van der Waals surface area contributed by atoms with Gasteiger partial charge in [-0.2, -0.15) is 0 Å². The minimum Gasteiger partial charge on any atom is -0.481 e. The molecule has 1 aliphatic heterocycles. The Labute approximate surface area is 80.0 Å². The van der Waals surface area contributed by atoms with E-state index < -0.39 is 29.7 Å². The summed E-state index contributed by atoms with van der Waals surface area (Å²) in [4.78, 5) is 33.5. The Balaban J connectivity index is 2.28. The van der Waals surface area contributed by atoms with Gasteiger partial charge in [-0.25, -0.2) is 0 Å². The van der Waals surface area contributed by atoms with E-state index in [0.29, 0.717) is 6.42 Å². The molecule has 1 saturated carbocycles. The monoisotopic (exact) mass is 198 g/mol. The molecule has 76 valence electrons. The molecular weight excluding hydrogens is 188 g/mol. The number of fused-ring (bicyclic) bond motifs is 1. The summed E-state index contributed by atoms with van der Waals surface area (Å²) in [5.41, 5.74) is 0. The predicted octanol–water partition coefficient (Wildman–Crippen LogP) is -0.161. The highest BCUT2D eigenvalue weighted by Crippen LogP contribution is 2.39. The lowest BCUT2D eigenvalue weighted by molar-refractivity contribution is -0.163. The van der Waals surface area contributed by atoms with Crippen molar-refractivity contribution >= 4 is 17.7 Å². The molecule has 0 radical (unpaired) electrons. The van der Waals surface area contributed by atoms with E-state index in [2.05, 4.69) is 0 Å². The van der Waals surface area contributed by atoms with Crippen molar-refractivity contribution in [3.63, 3.8) is 0 Å². The quantitative estimate of drug-likeness (QED) is 0.592. The van der Waals surface area contributed by atoms with Crippen LogP contribution in [0.3, 0.4) is 0 Å². The molecule has 0 unspecified atom stereocenters. The van der Waals surface area contributed by atoms with Crippen molar-refractivity contribution in [3.05, 3.63) is 0 Å². The van der Waals surface area contributed by atoms with E-state index >= 15 is 0 Å². The molecular formula is C9H10O5. The number of aliphatic carboxylic acids is 1. The highest BCUT2D eigenvalue weighted by Gasteiger charge is 2.52. The molecule has 5 nitrogen and oxygen atoms in total. The number of esters is 1. The zero-order chi connectivity index (χ0) is 10.3. The maximum absolute atomic E-state index is 11.4. The lowest BCUT2D eigenvalue weighted by Gasteiger charge is -2.24. The Bertz CT molecular complexity index is 308. The molecule has 2 fully saturated rings. The number of carbonyl (C=O) groups is 3. The van der Waals surface area contributed by atoms with Crippen LogP contribution in [0, 0.1) is 17.8 Å². The molecule has 1 saturated heterocycles. The normalized spacial score (nSPS) is 36.4. The molecule has 14 heavy (non-hydrogen) atoms. The maximum Gasteiger partial charge on any atom is 0.310 e. The van der Waals surface area contributed by atoms with Gasteiger partial charge in [0.1, 0.15) is 5.78 Å². The fourth-order valence-electron chi connectivity index (χ4n) is 2.27. The van der Waals surface area contributed by atoms with Crippen LogP contribution in [-0.2, 0) is 19.1 Å². The number of Topliss-reactive ketones (excluding diaryl/α,β-unsaturated/α-hetero) is 1. The van der Waals surface area contributed by atoms with E-state index in [-0.39, 0.29) is 18.8 Å². The first-order valence-corrected chi connectivity index (χ1v) is 4.53. The molecule has 0 bridgehead atoms. The highest BCUT2D eigenvalue weighted by atomic mass is 16.5. The van der Waals surface area contributed by atoms with Gasteiger partial charge in [-0.15, -0.1) is 0 Å². The Morgan fingerprint density at radius 1 is 1.43 bits per heavy atom. The number of carbonyl (C=O) groups excluding carboxylic acids is 2. The largest absolute Gasteiger partial charge is 0.481 e. The standard InChI is InChI=1S/C9H10O5/c10-6-3-5(8(11)12)7-4(6)1-2-14-9(7)13/h4-5,7H,1-3H2,(H,11,12)/t4-,5-,7-/m0/s1. The maximum atomic E-state index is 11.4. The van der Waals surface area contributed by atoms with Crippen LogP contribution in [0.15, 0.2) is 0 Å². The SMILES string of the molecule is O=C1OCC[C@H]2C(=O)C[C@H](C(=O)O)[C@@H]12. The molecule has 0 amide bonds. The van der Waals surface area contributed by atoms with E-state index in [4.69, 9.17) is 9.84 Å². The van der Waals surface area contributed by atoms with E-state index in [1.807, 2.05) is 0 Å². The molecule has 2 rings (SSSR count). The molecule has 1 heterocycles. The van der Waals surface area contributed by atoms with Crippen LogP contribution in [0.4, 0.5) is 0 Å². The first-order valence-electron chi connectivity index (χ1n) is 4.53. The Kier molecular flexibility index (Phi) is 2.02. The van der Waals surface area contributed by atoms with Crippen molar-refractivity contribution in [2.75, 3.05) is 6.61 Å². The van der Waals surface area contributed by atoms with Crippen LogP contribution in [0.1, 0.15) is 12.8 Å². The lowest BCUT2D eigenvalue weighted by atomic mass is 9.86. The van der Waals surface area contributed by atoms with Gasteiger partial charge in [-0.05, 0) is 6.42 Å². The average molecular weight is 198 g/mol. The zero-order valence-corrected chi connectivity index (χ0v) is 7.43. The van der Waals surface area contributed by atoms with Crippen LogP contribution in [0.25, 0.3) is 0 Å². The molecule has 0 aromatic heterocycles. The molecule has 1 N–H and O–H groups in total. The third-order valence-corrected chi connectivity index (χ3v) is 2.96. The zero-order valence-electron chi connectivity index (χ0n) is 7.43. The summed E-state index contributed by atoms with van der Waals surface area (Å²) in [7, 11) is 0. The molecule has 0 spiro atoms. The van der Waals surface area contributed by atoms with Crippen molar-refractivity contribution < 1.29 is 24.2 Å². The Morgan fingerprint density at radius 3 is 2.79 bits per heavy atom. The second-order valence-electron chi connectivity index (χ2n) is 3.70. The number of carboxylic acids is 1. The van der Waals surface area contributed by atoms with Gasteiger partial charge in [0.2, 0.25) is 0 Å². The number of ketones is 1. The van der Waals surface area contributed by atoms with Crippen LogP contribution < -0.4 is 0 Å². The van der Waals surface area contributed by atoms with E-state index in [1.54, 1.807) is 0 Å². The second-order valence-corrected chi connectivity index (χ2v) is 3.70. The van der Waals surface area contributed by atoms with E-state index in [9.17, 15) is 14.4 Å². The minimum absolute atomic E-state index is 0.0280. The summed E-state index contributed by atoms with van der Waals surface area (Å²) in [6, 6.07) is 0. The fraction of sp³-hybridized carbons (Fsp3) is 0.667. The molecule has 5 heteroatoms. The summed E-state index contributed by atoms with van der Waals surface area (Å²) >= 11 is 0. The number of rotatable bonds is 1.